The lowest BCUT2D eigenvalue weighted by atomic mass is 10.2. The Kier molecular flexibility index (Phi) is 3.90. The van der Waals surface area contributed by atoms with E-state index in [2.05, 4.69) is 41.8 Å². The number of hydrogen-bond acceptors (Lipinski definition) is 3. The lowest BCUT2D eigenvalue weighted by Crippen LogP contribution is -1.97. The van der Waals surface area contributed by atoms with Crippen molar-refractivity contribution in [3.8, 4) is 5.88 Å². The van der Waals surface area contributed by atoms with Gasteiger partial charge in [-0.2, -0.15) is 0 Å². The van der Waals surface area contributed by atoms with Gasteiger partial charge in [-0.15, -0.1) is 0 Å². The molecule has 0 unspecified atom stereocenters. The number of nitrogens with zero attached hydrogens (tertiary/aromatic N) is 2. The second-order valence-corrected chi connectivity index (χ2v) is 4.83. The minimum absolute atomic E-state index is 0.489. The lowest BCUT2D eigenvalue weighted by molar-refractivity contribution is 0.293. The topological polar surface area (TPSA) is 35.0 Å². The van der Waals surface area contributed by atoms with Gasteiger partial charge in [-0.25, -0.2) is 9.97 Å². The normalized spacial score (nSPS) is 10.1. The van der Waals surface area contributed by atoms with Crippen LogP contribution in [-0.4, -0.2) is 9.97 Å². The average molecular weight is 344 g/mol. The summed E-state index contributed by atoms with van der Waals surface area (Å²) in [7, 11) is 0. The highest BCUT2D eigenvalue weighted by molar-refractivity contribution is 9.10. The molecule has 0 aliphatic carbocycles. The van der Waals surface area contributed by atoms with Gasteiger partial charge < -0.3 is 4.74 Å². The summed E-state index contributed by atoms with van der Waals surface area (Å²) >= 11 is 6.67. The van der Waals surface area contributed by atoms with Gasteiger partial charge in [-0.1, -0.05) is 28.1 Å². The van der Waals surface area contributed by atoms with E-state index in [0.29, 0.717) is 17.1 Å². The van der Waals surface area contributed by atoms with Crippen LogP contribution in [0.1, 0.15) is 5.56 Å². The molecule has 0 atom stereocenters. The summed E-state index contributed by atoms with van der Waals surface area (Å²) in [4.78, 5) is 7.93. The molecule has 2 aromatic rings. The Morgan fingerprint density at radius 3 is 2.75 bits per heavy atom. The molecule has 0 bridgehead atoms. The first-order valence-electron chi connectivity index (χ1n) is 4.59. The van der Waals surface area contributed by atoms with E-state index in [4.69, 9.17) is 4.74 Å². The zero-order valence-electron chi connectivity index (χ0n) is 8.23. The highest BCUT2D eigenvalue weighted by Crippen LogP contribution is 2.15. The predicted octanol–water partition coefficient (Wildman–Crippen LogP) is 3.58. The number of benzene rings is 1. The van der Waals surface area contributed by atoms with Crippen molar-refractivity contribution >= 4 is 31.9 Å². The fourth-order valence-corrected chi connectivity index (χ4v) is 1.91. The maximum absolute atomic E-state index is 5.53. The van der Waals surface area contributed by atoms with Crippen LogP contribution in [0.15, 0.2) is 45.7 Å². The summed E-state index contributed by atoms with van der Waals surface area (Å²) in [5, 5.41) is 0. The van der Waals surface area contributed by atoms with E-state index >= 15 is 0 Å². The van der Waals surface area contributed by atoms with Crippen LogP contribution in [0.4, 0.5) is 0 Å². The van der Waals surface area contributed by atoms with Crippen LogP contribution < -0.4 is 4.74 Å². The molecule has 0 spiro atoms. The Morgan fingerprint density at radius 2 is 2.00 bits per heavy atom. The minimum Gasteiger partial charge on any atom is -0.473 e. The van der Waals surface area contributed by atoms with E-state index in [9.17, 15) is 0 Å². The van der Waals surface area contributed by atoms with Crippen molar-refractivity contribution in [2.24, 2.45) is 0 Å². The number of hydrogen-bond donors (Lipinski definition) is 0. The summed E-state index contributed by atoms with van der Waals surface area (Å²) < 4.78 is 7.28. The Morgan fingerprint density at radius 1 is 1.12 bits per heavy atom. The smallest absolute Gasteiger partial charge is 0.217 e. The van der Waals surface area contributed by atoms with Crippen LogP contribution in [0.25, 0.3) is 0 Å². The monoisotopic (exact) mass is 342 g/mol. The SMILES string of the molecule is Brc1cccc(COc2cc(Br)ncn2)c1. The van der Waals surface area contributed by atoms with Gasteiger partial charge in [0.05, 0.1) is 0 Å². The molecule has 1 aromatic carbocycles. The summed E-state index contributed by atoms with van der Waals surface area (Å²) in [6.07, 6.45) is 1.46. The summed E-state index contributed by atoms with van der Waals surface area (Å²) in [6.45, 7) is 0.489. The first-order valence-corrected chi connectivity index (χ1v) is 6.17. The third kappa shape index (κ3) is 3.28. The van der Waals surface area contributed by atoms with Gasteiger partial charge in [0.1, 0.15) is 17.5 Å². The number of ether oxygens (including phenoxy) is 1. The quantitative estimate of drug-likeness (QED) is 0.799. The van der Waals surface area contributed by atoms with Crippen molar-refractivity contribution in [3.63, 3.8) is 0 Å². The summed E-state index contributed by atoms with van der Waals surface area (Å²) in [5.41, 5.74) is 1.09. The van der Waals surface area contributed by atoms with Crippen molar-refractivity contribution in [3.05, 3.63) is 51.3 Å². The van der Waals surface area contributed by atoms with E-state index in [-0.39, 0.29) is 0 Å². The summed E-state index contributed by atoms with van der Waals surface area (Å²) in [6, 6.07) is 9.69. The molecule has 0 saturated heterocycles. The van der Waals surface area contributed by atoms with Crippen LogP contribution in [0.3, 0.4) is 0 Å². The number of rotatable bonds is 3. The van der Waals surface area contributed by atoms with E-state index in [1.165, 1.54) is 6.33 Å². The van der Waals surface area contributed by atoms with Crippen LogP contribution in [0.2, 0.25) is 0 Å². The first-order chi connectivity index (χ1) is 7.74. The third-order valence-electron chi connectivity index (χ3n) is 1.88. The van der Waals surface area contributed by atoms with E-state index in [1.807, 2.05) is 24.3 Å². The molecule has 0 radical (unpaired) electrons. The largest absolute Gasteiger partial charge is 0.473 e. The van der Waals surface area contributed by atoms with Gasteiger partial charge in [0, 0.05) is 10.5 Å². The van der Waals surface area contributed by atoms with Gasteiger partial charge >= 0.3 is 0 Å². The Hall–Kier alpha value is -0.940. The molecule has 5 heteroatoms. The van der Waals surface area contributed by atoms with Crippen molar-refractivity contribution in [1.29, 1.82) is 0 Å². The second-order valence-electron chi connectivity index (χ2n) is 3.10. The van der Waals surface area contributed by atoms with Crippen LogP contribution in [0.5, 0.6) is 5.88 Å². The molecule has 0 fully saturated rings. The molecule has 16 heavy (non-hydrogen) atoms. The average Bonchev–Trinajstić information content (AvgIpc) is 2.27. The van der Waals surface area contributed by atoms with Crippen molar-refractivity contribution < 1.29 is 4.74 Å². The van der Waals surface area contributed by atoms with Gasteiger partial charge in [0.2, 0.25) is 5.88 Å². The molecule has 1 heterocycles. The van der Waals surface area contributed by atoms with Crippen molar-refractivity contribution in [1.82, 2.24) is 9.97 Å². The van der Waals surface area contributed by atoms with Gasteiger partial charge in [0.15, 0.2) is 0 Å². The molecular weight excluding hydrogens is 336 g/mol. The van der Waals surface area contributed by atoms with E-state index < -0.39 is 0 Å². The van der Waals surface area contributed by atoms with Gasteiger partial charge in [-0.05, 0) is 33.6 Å². The zero-order chi connectivity index (χ0) is 11.4. The first kappa shape index (κ1) is 11.5. The fourth-order valence-electron chi connectivity index (χ4n) is 1.18. The molecule has 0 N–H and O–H groups in total. The van der Waals surface area contributed by atoms with Gasteiger partial charge in [0.25, 0.3) is 0 Å². The van der Waals surface area contributed by atoms with E-state index in [0.717, 1.165) is 10.0 Å². The Balaban J connectivity index is 2.02. The third-order valence-corrected chi connectivity index (χ3v) is 2.81. The van der Waals surface area contributed by atoms with Crippen LogP contribution in [0, 0.1) is 0 Å². The van der Waals surface area contributed by atoms with E-state index in [1.54, 1.807) is 6.07 Å². The number of halogens is 2. The maximum atomic E-state index is 5.53. The van der Waals surface area contributed by atoms with Crippen molar-refractivity contribution in [2.45, 2.75) is 6.61 Å². The second kappa shape index (κ2) is 5.41. The Labute approximate surface area is 110 Å². The predicted molar refractivity (Wildman–Crippen MR) is 68.2 cm³/mol. The van der Waals surface area contributed by atoms with Crippen LogP contribution in [-0.2, 0) is 6.61 Å². The molecule has 0 amide bonds. The Bertz CT molecular complexity index is 445. The highest BCUT2D eigenvalue weighted by Gasteiger charge is 1.99. The maximum Gasteiger partial charge on any atom is 0.217 e. The molecule has 82 valence electrons. The molecule has 0 aliphatic rings. The van der Waals surface area contributed by atoms with Crippen molar-refractivity contribution in [2.75, 3.05) is 0 Å². The molecule has 3 nitrogen and oxygen atoms in total. The molecular formula is C11H8Br2N2O. The molecule has 1 aromatic heterocycles. The minimum atomic E-state index is 0.489. The molecule has 0 aliphatic heterocycles. The zero-order valence-corrected chi connectivity index (χ0v) is 11.4. The molecule has 2 rings (SSSR count). The summed E-state index contributed by atoms with van der Waals surface area (Å²) in [5.74, 6) is 0.557. The fraction of sp³-hybridized carbons (Fsp3) is 0.0909. The number of aromatic nitrogens is 2. The van der Waals surface area contributed by atoms with Gasteiger partial charge in [-0.3, -0.25) is 0 Å². The lowest BCUT2D eigenvalue weighted by Gasteiger charge is -2.05. The standard InChI is InChI=1S/C11H8Br2N2O/c12-9-3-1-2-8(4-9)6-16-11-5-10(13)14-7-15-11/h1-5,7H,6H2. The highest BCUT2D eigenvalue weighted by atomic mass is 79.9. The van der Waals surface area contributed by atoms with Crippen LogP contribution >= 0.6 is 31.9 Å². The molecule has 0 saturated carbocycles.